The number of hydrogen-bond acceptors (Lipinski definition) is 2. The Bertz CT molecular complexity index is 254. The Kier molecular flexibility index (Phi) is 11.3. The first kappa shape index (κ1) is 18.7. The Morgan fingerprint density at radius 2 is 1.68 bits per heavy atom. The Labute approximate surface area is 127 Å². The van der Waals surface area contributed by atoms with Gasteiger partial charge < -0.3 is 4.74 Å². The topological polar surface area (TPSA) is 26.3 Å². The van der Waals surface area contributed by atoms with E-state index >= 15 is 0 Å². The lowest BCUT2D eigenvalue weighted by atomic mass is 10.1. The van der Waals surface area contributed by atoms with Crippen LogP contribution in [0.2, 0.25) is 0 Å². The van der Waals surface area contributed by atoms with Gasteiger partial charge in [0, 0.05) is 4.32 Å². The van der Waals surface area contributed by atoms with Crippen LogP contribution >= 0.6 is 15.9 Å². The monoisotopic (exact) mass is 332 g/mol. The minimum absolute atomic E-state index is 0.183. The van der Waals surface area contributed by atoms with Crippen molar-refractivity contribution < 1.29 is 9.53 Å². The summed E-state index contributed by atoms with van der Waals surface area (Å²) in [6.07, 6.45) is 14.0. The summed E-state index contributed by atoms with van der Waals surface area (Å²) in [5, 5.41) is 0. The van der Waals surface area contributed by atoms with Gasteiger partial charge in [0.05, 0.1) is 12.7 Å². The van der Waals surface area contributed by atoms with Gasteiger partial charge in [-0.2, -0.15) is 0 Å². The third-order valence-electron chi connectivity index (χ3n) is 2.83. The predicted octanol–water partition coefficient (Wildman–Crippen LogP) is 5.75. The van der Waals surface area contributed by atoms with Crippen molar-refractivity contribution in [3.63, 3.8) is 0 Å². The average molecular weight is 333 g/mol. The number of ether oxygens (including phenoxy) is 1. The molecule has 0 aliphatic heterocycles. The third-order valence-corrected chi connectivity index (χ3v) is 3.12. The van der Waals surface area contributed by atoms with Crippen LogP contribution in [0.1, 0.15) is 78.6 Å². The van der Waals surface area contributed by atoms with Crippen LogP contribution in [-0.4, -0.2) is 10.3 Å². The van der Waals surface area contributed by atoms with E-state index in [0.717, 1.165) is 6.42 Å². The Hall–Kier alpha value is -0.310. The van der Waals surface area contributed by atoms with Crippen molar-refractivity contribution in [2.45, 2.75) is 82.9 Å². The standard InChI is InChI=1S/C16H29BrO2/c1-4-5-6-7-8-9-10-11-12-13-19-15(18)14-16(2,3)17/h12-13H,4-11,14H2,1-3H3. The molecule has 0 bridgehead atoms. The summed E-state index contributed by atoms with van der Waals surface area (Å²) in [5.74, 6) is -0.183. The summed E-state index contributed by atoms with van der Waals surface area (Å²) in [6.45, 7) is 6.15. The molecule has 0 unspecified atom stereocenters. The van der Waals surface area contributed by atoms with E-state index in [-0.39, 0.29) is 10.3 Å². The molecule has 2 nitrogen and oxygen atoms in total. The molecule has 0 rings (SSSR count). The van der Waals surface area contributed by atoms with Crippen molar-refractivity contribution in [3.8, 4) is 0 Å². The van der Waals surface area contributed by atoms with Crippen LogP contribution in [0.5, 0.6) is 0 Å². The molecular formula is C16H29BrO2. The fraction of sp³-hybridized carbons (Fsp3) is 0.812. The highest BCUT2D eigenvalue weighted by molar-refractivity contribution is 9.10. The highest BCUT2D eigenvalue weighted by Gasteiger charge is 2.18. The molecule has 0 heterocycles. The summed E-state index contributed by atoms with van der Waals surface area (Å²) >= 11 is 3.42. The Balaban J connectivity index is 3.37. The van der Waals surface area contributed by atoms with E-state index < -0.39 is 0 Å². The van der Waals surface area contributed by atoms with E-state index in [0.29, 0.717) is 6.42 Å². The fourth-order valence-electron chi connectivity index (χ4n) is 1.80. The van der Waals surface area contributed by atoms with Crippen molar-refractivity contribution in [1.82, 2.24) is 0 Å². The van der Waals surface area contributed by atoms with Gasteiger partial charge >= 0.3 is 5.97 Å². The van der Waals surface area contributed by atoms with Gasteiger partial charge in [0.15, 0.2) is 0 Å². The molecule has 0 aromatic heterocycles. The zero-order valence-electron chi connectivity index (χ0n) is 12.7. The van der Waals surface area contributed by atoms with Gasteiger partial charge in [-0.05, 0) is 32.8 Å². The second-order valence-electron chi connectivity index (χ2n) is 5.67. The maximum atomic E-state index is 11.4. The Morgan fingerprint density at radius 3 is 2.26 bits per heavy atom. The molecule has 112 valence electrons. The average Bonchev–Trinajstić information content (AvgIpc) is 2.29. The highest BCUT2D eigenvalue weighted by atomic mass is 79.9. The Morgan fingerprint density at radius 1 is 1.11 bits per heavy atom. The molecule has 3 heteroatoms. The molecule has 0 aliphatic rings. The molecule has 0 aromatic rings. The SMILES string of the molecule is CCCCCCCCCC=COC(=O)CC(C)(C)Br. The van der Waals surface area contributed by atoms with Crippen molar-refractivity contribution in [1.29, 1.82) is 0 Å². The first-order chi connectivity index (χ1) is 8.95. The number of carbonyl (C=O) groups excluding carboxylic acids is 1. The second-order valence-corrected chi connectivity index (χ2v) is 7.81. The number of allylic oxidation sites excluding steroid dienone is 1. The lowest BCUT2D eigenvalue weighted by molar-refractivity contribution is -0.138. The van der Waals surface area contributed by atoms with E-state index in [2.05, 4.69) is 22.9 Å². The van der Waals surface area contributed by atoms with Gasteiger partial charge in [0.1, 0.15) is 0 Å². The molecule has 0 aliphatic carbocycles. The van der Waals surface area contributed by atoms with Crippen LogP contribution in [-0.2, 0) is 9.53 Å². The third kappa shape index (κ3) is 15.6. The molecule has 19 heavy (non-hydrogen) atoms. The second kappa shape index (κ2) is 11.5. The maximum Gasteiger partial charge on any atom is 0.311 e. The largest absolute Gasteiger partial charge is 0.435 e. The quantitative estimate of drug-likeness (QED) is 0.208. The van der Waals surface area contributed by atoms with E-state index in [1.807, 2.05) is 19.9 Å². The van der Waals surface area contributed by atoms with E-state index in [4.69, 9.17) is 4.74 Å². The minimum atomic E-state index is -0.184. The van der Waals surface area contributed by atoms with Crippen LogP contribution in [0.3, 0.4) is 0 Å². The normalized spacial score (nSPS) is 12.0. The number of alkyl halides is 1. The summed E-state index contributed by atoms with van der Waals surface area (Å²) in [7, 11) is 0. The van der Waals surface area contributed by atoms with Gasteiger partial charge in [0.25, 0.3) is 0 Å². The molecule has 0 amide bonds. The van der Waals surface area contributed by atoms with Crippen LogP contribution < -0.4 is 0 Å². The van der Waals surface area contributed by atoms with E-state index in [9.17, 15) is 4.79 Å². The summed E-state index contributed by atoms with van der Waals surface area (Å²) in [6, 6.07) is 0. The minimum Gasteiger partial charge on any atom is -0.435 e. The van der Waals surface area contributed by atoms with E-state index in [1.165, 1.54) is 51.2 Å². The number of carbonyl (C=O) groups is 1. The first-order valence-electron chi connectivity index (χ1n) is 7.49. The predicted molar refractivity (Wildman–Crippen MR) is 85.5 cm³/mol. The summed E-state index contributed by atoms with van der Waals surface area (Å²) < 4.78 is 4.84. The van der Waals surface area contributed by atoms with Crippen molar-refractivity contribution in [2.24, 2.45) is 0 Å². The van der Waals surface area contributed by atoms with Crippen molar-refractivity contribution in [2.75, 3.05) is 0 Å². The zero-order chi connectivity index (χ0) is 14.6. The molecule has 0 atom stereocenters. The van der Waals surface area contributed by atoms with Crippen LogP contribution in [0, 0.1) is 0 Å². The first-order valence-corrected chi connectivity index (χ1v) is 8.28. The number of rotatable bonds is 11. The van der Waals surface area contributed by atoms with Gasteiger partial charge in [0.2, 0.25) is 0 Å². The molecule has 0 saturated heterocycles. The molecular weight excluding hydrogens is 304 g/mol. The number of esters is 1. The smallest absolute Gasteiger partial charge is 0.311 e. The molecule has 0 spiro atoms. The lowest BCUT2D eigenvalue weighted by Gasteiger charge is -2.13. The van der Waals surface area contributed by atoms with Gasteiger partial charge in [-0.3, -0.25) is 4.79 Å². The summed E-state index contributed by atoms with van der Waals surface area (Å²) in [5.41, 5.74) is 0. The van der Waals surface area contributed by atoms with Crippen molar-refractivity contribution in [3.05, 3.63) is 12.3 Å². The maximum absolute atomic E-state index is 11.4. The zero-order valence-corrected chi connectivity index (χ0v) is 14.3. The molecule has 0 aromatic carbocycles. The summed E-state index contributed by atoms with van der Waals surface area (Å²) in [4.78, 5) is 11.4. The number of hydrogen-bond donors (Lipinski definition) is 0. The van der Waals surface area contributed by atoms with Crippen LogP contribution in [0.4, 0.5) is 0 Å². The molecule has 0 fully saturated rings. The number of unbranched alkanes of at least 4 members (excludes halogenated alkanes) is 7. The molecule has 0 N–H and O–H groups in total. The van der Waals surface area contributed by atoms with Gasteiger partial charge in [-0.1, -0.05) is 61.4 Å². The fourth-order valence-corrected chi connectivity index (χ4v) is 2.03. The lowest BCUT2D eigenvalue weighted by Crippen LogP contribution is -2.16. The highest BCUT2D eigenvalue weighted by Crippen LogP contribution is 2.20. The van der Waals surface area contributed by atoms with Crippen LogP contribution in [0.15, 0.2) is 12.3 Å². The van der Waals surface area contributed by atoms with Gasteiger partial charge in [-0.25, -0.2) is 0 Å². The van der Waals surface area contributed by atoms with Crippen LogP contribution in [0.25, 0.3) is 0 Å². The number of halogens is 1. The molecule has 0 saturated carbocycles. The van der Waals surface area contributed by atoms with Gasteiger partial charge in [-0.15, -0.1) is 0 Å². The van der Waals surface area contributed by atoms with Crippen molar-refractivity contribution >= 4 is 21.9 Å². The molecule has 0 radical (unpaired) electrons. The van der Waals surface area contributed by atoms with E-state index in [1.54, 1.807) is 0 Å².